The van der Waals surface area contributed by atoms with Gasteiger partial charge in [-0.15, -0.1) is 0 Å². The van der Waals surface area contributed by atoms with E-state index in [9.17, 15) is 13.6 Å². The molecule has 104 valence electrons. The van der Waals surface area contributed by atoms with Gasteiger partial charge < -0.3 is 10.1 Å². The SMILES string of the molecule is CC1COCCC1C(=O)Nc1cc(F)c(Br)cc1F. The number of rotatable bonds is 2. The van der Waals surface area contributed by atoms with E-state index in [-0.39, 0.29) is 27.9 Å². The molecule has 1 aromatic rings. The number of amides is 1. The molecular weight excluding hydrogens is 320 g/mol. The van der Waals surface area contributed by atoms with Crippen molar-refractivity contribution in [3.63, 3.8) is 0 Å². The fourth-order valence-corrected chi connectivity index (χ4v) is 2.43. The number of carbonyl (C=O) groups is 1. The van der Waals surface area contributed by atoms with Crippen LogP contribution in [0, 0.1) is 23.5 Å². The lowest BCUT2D eigenvalue weighted by atomic mass is 9.89. The summed E-state index contributed by atoms with van der Waals surface area (Å²) in [6.45, 7) is 2.93. The highest BCUT2D eigenvalue weighted by Crippen LogP contribution is 2.26. The molecule has 0 saturated carbocycles. The lowest BCUT2D eigenvalue weighted by Crippen LogP contribution is -2.35. The highest BCUT2D eigenvalue weighted by atomic mass is 79.9. The van der Waals surface area contributed by atoms with E-state index in [4.69, 9.17) is 4.74 Å². The van der Waals surface area contributed by atoms with Gasteiger partial charge in [-0.05, 0) is 34.3 Å². The molecule has 2 unspecified atom stereocenters. The molecular formula is C13H14BrF2NO2. The number of hydrogen-bond donors (Lipinski definition) is 1. The van der Waals surface area contributed by atoms with E-state index in [2.05, 4.69) is 21.2 Å². The molecule has 1 aliphatic heterocycles. The van der Waals surface area contributed by atoms with E-state index in [1.807, 2.05) is 6.92 Å². The second-order valence-corrected chi connectivity index (χ2v) is 5.54. The van der Waals surface area contributed by atoms with E-state index >= 15 is 0 Å². The summed E-state index contributed by atoms with van der Waals surface area (Å²) in [5, 5.41) is 2.45. The fourth-order valence-electron chi connectivity index (χ4n) is 2.11. The average molecular weight is 334 g/mol. The zero-order chi connectivity index (χ0) is 14.0. The van der Waals surface area contributed by atoms with Crippen molar-refractivity contribution in [1.82, 2.24) is 0 Å². The Balaban J connectivity index is 2.12. The Labute approximate surface area is 118 Å². The van der Waals surface area contributed by atoms with Crippen molar-refractivity contribution in [2.45, 2.75) is 13.3 Å². The normalized spacial score (nSPS) is 23.2. The van der Waals surface area contributed by atoms with Crippen LogP contribution in [0.15, 0.2) is 16.6 Å². The summed E-state index contributed by atoms with van der Waals surface area (Å²) in [6, 6.07) is 1.97. The molecule has 2 atom stereocenters. The van der Waals surface area contributed by atoms with Crippen LogP contribution in [0.1, 0.15) is 13.3 Å². The first kappa shape index (κ1) is 14.4. The van der Waals surface area contributed by atoms with Gasteiger partial charge in [0, 0.05) is 25.2 Å². The van der Waals surface area contributed by atoms with Crippen LogP contribution in [0.3, 0.4) is 0 Å². The van der Waals surface area contributed by atoms with Gasteiger partial charge in [0.2, 0.25) is 5.91 Å². The predicted octanol–water partition coefficient (Wildman–Crippen LogP) is 3.34. The second kappa shape index (κ2) is 5.96. The zero-order valence-electron chi connectivity index (χ0n) is 10.4. The van der Waals surface area contributed by atoms with Gasteiger partial charge in [-0.3, -0.25) is 4.79 Å². The van der Waals surface area contributed by atoms with Crippen molar-refractivity contribution in [3.05, 3.63) is 28.2 Å². The average Bonchev–Trinajstić information content (AvgIpc) is 2.36. The van der Waals surface area contributed by atoms with Crippen LogP contribution >= 0.6 is 15.9 Å². The van der Waals surface area contributed by atoms with E-state index < -0.39 is 11.6 Å². The number of nitrogens with one attached hydrogen (secondary N) is 1. The first-order chi connectivity index (χ1) is 8.99. The van der Waals surface area contributed by atoms with Gasteiger partial charge in [-0.2, -0.15) is 0 Å². The molecule has 19 heavy (non-hydrogen) atoms. The summed E-state index contributed by atoms with van der Waals surface area (Å²) in [5.41, 5.74) is -0.135. The van der Waals surface area contributed by atoms with E-state index in [1.54, 1.807) is 0 Å². The van der Waals surface area contributed by atoms with Gasteiger partial charge in [0.25, 0.3) is 0 Å². The standard InChI is InChI=1S/C13H14BrF2NO2/c1-7-6-19-3-2-8(7)13(18)17-12-5-10(15)9(14)4-11(12)16/h4-5,7-8H,2-3,6H2,1H3,(H,17,18). The van der Waals surface area contributed by atoms with Crippen molar-refractivity contribution in [3.8, 4) is 0 Å². The van der Waals surface area contributed by atoms with Gasteiger partial charge in [0.15, 0.2) is 0 Å². The van der Waals surface area contributed by atoms with Crippen molar-refractivity contribution in [2.24, 2.45) is 11.8 Å². The third kappa shape index (κ3) is 3.30. The molecule has 1 aliphatic rings. The number of carbonyl (C=O) groups excluding carboxylic acids is 1. The number of hydrogen-bond acceptors (Lipinski definition) is 2. The number of anilines is 1. The minimum atomic E-state index is -0.665. The first-order valence-electron chi connectivity index (χ1n) is 6.02. The van der Waals surface area contributed by atoms with Crippen LogP contribution in [0.5, 0.6) is 0 Å². The Morgan fingerprint density at radius 1 is 1.42 bits per heavy atom. The molecule has 0 radical (unpaired) electrons. The summed E-state index contributed by atoms with van der Waals surface area (Å²) < 4.78 is 32.2. The van der Waals surface area contributed by atoms with Crippen LogP contribution in [0.2, 0.25) is 0 Å². The molecule has 6 heteroatoms. The smallest absolute Gasteiger partial charge is 0.228 e. The summed E-state index contributed by atoms with van der Waals surface area (Å²) in [4.78, 5) is 12.1. The summed E-state index contributed by atoms with van der Waals surface area (Å²) in [5.74, 6) is -1.74. The van der Waals surface area contributed by atoms with Crippen LogP contribution in [0.25, 0.3) is 0 Å². The van der Waals surface area contributed by atoms with Gasteiger partial charge >= 0.3 is 0 Å². The second-order valence-electron chi connectivity index (χ2n) is 4.68. The Bertz CT molecular complexity index is 496. The maximum atomic E-state index is 13.6. The molecule has 1 N–H and O–H groups in total. The molecule has 1 saturated heterocycles. The zero-order valence-corrected chi connectivity index (χ0v) is 12.0. The molecule has 0 spiro atoms. The summed E-state index contributed by atoms with van der Waals surface area (Å²) >= 11 is 2.89. The van der Waals surface area contributed by atoms with E-state index in [1.165, 1.54) is 0 Å². The molecule has 0 aromatic heterocycles. The van der Waals surface area contributed by atoms with E-state index in [0.717, 1.165) is 12.1 Å². The maximum absolute atomic E-state index is 13.6. The quantitative estimate of drug-likeness (QED) is 0.843. The van der Waals surface area contributed by atoms with Gasteiger partial charge in [0.1, 0.15) is 11.6 Å². The van der Waals surface area contributed by atoms with Crippen LogP contribution < -0.4 is 5.32 Å². The predicted molar refractivity (Wildman–Crippen MR) is 70.8 cm³/mol. The molecule has 2 rings (SSSR count). The third-order valence-corrected chi connectivity index (χ3v) is 3.85. The Hall–Kier alpha value is -1.01. The minimum Gasteiger partial charge on any atom is -0.381 e. The van der Waals surface area contributed by atoms with Crippen molar-refractivity contribution >= 4 is 27.5 Å². The molecule has 0 aliphatic carbocycles. The summed E-state index contributed by atoms with van der Waals surface area (Å²) in [6.07, 6.45) is 0.591. The Morgan fingerprint density at radius 3 is 2.84 bits per heavy atom. The number of halogens is 3. The largest absolute Gasteiger partial charge is 0.381 e. The van der Waals surface area contributed by atoms with Crippen LogP contribution in [-0.4, -0.2) is 19.1 Å². The maximum Gasteiger partial charge on any atom is 0.228 e. The third-order valence-electron chi connectivity index (χ3n) is 3.25. The first-order valence-corrected chi connectivity index (χ1v) is 6.81. The topological polar surface area (TPSA) is 38.3 Å². The van der Waals surface area contributed by atoms with Crippen molar-refractivity contribution in [1.29, 1.82) is 0 Å². The van der Waals surface area contributed by atoms with Crippen LogP contribution in [0.4, 0.5) is 14.5 Å². The lowest BCUT2D eigenvalue weighted by molar-refractivity contribution is -0.125. The monoisotopic (exact) mass is 333 g/mol. The molecule has 1 aromatic carbocycles. The minimum absolute atomic E-state index is 0.0300. The van der Waals surface area contributed by atoms with Crippen LogP contribution in [-0.2, 0) is 9.53 Å². The molecule has 0 bridgehead atoms. The van der Waals surface area contributed by atoms with Crippen molar-refractivity contribution < 1.29 is 18.3 Å². The highest BCUT2D eigenvalue weighted by Gasteiger charge is 2.29. The van der Waals surface area contributed by atoms with Gasteiger partial charge in [0.05, 0.1) is 10.2 Å². The molecule has 3 nitrogen and oxygen atoms in total. The molecule has 1 amide bonds. The highest BCUT2D eigenvalue weighted by molar-refractivity contribution is 9.10. The van der Waals surface area contributed by atoms with E-state index in [0.29, 0.717) is 19.6 Å². The molecule has 1 heterocycles. The fraction of sp³-hybridized carbons (Fsp3) is 0.462. The molecule has 1 fully saturated rings. The Morgan fingerprint density at radius 2 is 2.16 bits per heavy atom. The lowest BCUT2D eigenvalue weighted by Gasteiger charge is -2.27. The number of ether oxygens (including phenoxy) is 1. The Kier molecular flexibility index (Phi) is 4.52. The number of benzene rings is 1. The van der Waals surface area contributed by atoms with Gasteiger partial charge in [-0.1, -0.05) is 6.92 Å². The van der Waals surface area contributed by atoms with Crippen molar-refractivity contribution in [2.75, 3.05) is 18.5 Å². The summed E-state index contributed by atoms with van der Waals surface area (Å²) in [7, 11) is 0. The van der Waals surface area contributed by atoms with Gasteiger partial charge in [-0.25, -0.2) is 8.78 Å².